The molecule has 3 heterocycles. The van der Waals surface area contributed by atoms with E-state index in [1.807, 2.05) is 0 Å². The maximum Gasteiger partial charge on any atom is 0.341 e. The Kier molecular flexibility index (Phi) is 4.08. The third kappa shape index (κ3) is 2.66. The van der Waals surface area contributed by atoms with Gasteiger partial charge in [0.15, 0.2) is 0 Å². The first kappa shape index (κ1) is 16.6. The molecule has 1 aromatic heterocycles. The lowest BCUT2D eigenvalue weighted by molar-refractivity contribution is 0.234. The van der Waals surface area contributed by atoms with Gasteiger partial charge in [0.05, 0.1) is 5.56 Å². The van der Waals surface area contributed by atoms with Crippen molar-refractivity contribution in [3.8, 4) is 0 Å². The van der Waals surface area contributed by atoms with Gasteiger partial charge in [-0.2, -0.15) is 0 Å². The number of rotatable bonds is 1. The molecule has 1 N–H and O–H groups in total. The molecule has 0 amide bonds. The van der Waals surface area contributed by atoms with Crippen LogP contribution in [0.2, 0.25) is 0 Å². The van der Waals surface area contributed by atoms with E-state index in [0.717, 1.165) is 54.7 Å². The fraction of sp³-hybridized carbons (Fsp3) is 0.550. The number of aryl methyl sites for hydroxylation is 2. The van der Waals surface area contributed by atoms with Gasteiger partial charge >= 0.3 is 5.63 Å². The molecule has 4 rings (SSSR count). The lowest BCUT2D eigenvalue weighted by Gasteiger charge is -2.39. The highest BCUT2D eigenvalue weighted by Gasteiger charge is 2.25. The fourth-order valence-corrected chi connectivity index (χ4v) is 4.28. The van der Waals surface area contributed by atoms with Crippen LogP contribution in [0.3, 0.4) is 0 Å². The molecule has 1 fully saturated rings. The number of hydrogen-bond acceptors (Lipinski definition) is 5. The van der Waals surface area contributed by atoms with E-state index in [0.29, 0.717) is 12.6 Å². The Morgan fingerprint density at radius 2 is 2.04 bits per heavy atom. The van der Waals surface area contributed by atoms with Crippen LogP contribution in [0.25, 0.3) is 11.0 Å². The molecule has 1 aromatic carbocycles. The van der Waals surface area contributed by atoms with Crippen LogP contribution < -0.4 is 15.8 Å². The molecule has 5 nitrogen and oxygen atoms in total. The van der Waals surface area contributed by atoms with Crippen LogP contribution in [0, 0.1) is 13.8 Å². The van der Waals surface area contributed by atoms with Crippen molar-refractivity contribution in [2.45, 2.75) is 39.8 Å². The number of nitrogens with zero attached hydrogens (tertiary/aromatic N) is 2. The van der Waals surface area contributed by atoms with Gasteiger partial charge in [-0.3, -0.25) is 0 Å². The molecule has 0 bridgehead atoms. The minimum atomic E-state index is -0.180. The van der Waals surface area contributed by atoms with Crippen molar-refractivity contribution in [1.29, 1.82) is 0 Å². The molecule has 2 aliphatic heterocycles. The minimum absolute atomic E-state index is 0.180. The molecule has 5 heteroatoms. The van der Waals surface area contributed by atoms with E-state index in [9.17, 15) is 4.79 Å². The van der Waals surface area contributed by atoms with Gasteiger partial charge in [0.1, 0.15) is 5.58 Å². The van der Waals surface area contributed by atoms with Crippen molar-refractivity contribution in [3.63, 3.8) is 0 Å². The third-order valence-electron chi connectivity index (χ3n) is 5.96. The largest absolute Gasteiger partial charge is 0.422 e. The summed E-state index contributed by atoms with van der Waals surface area (Å²) >= 11 is 0. The zero-order valence-electron chi connectivity index (χ0n) is 15.6. The molecule has 134 valence electrons. The molecule has 0 unspecified atom stereocenters. The van der Waals surface area contributed by atoms with Crippen molar-refractivity contribution >= 4 is 16.7 Å². The zero-order chi connectivity index (χ0) is 17.7. The van der Waals surface area contributed by atoms with Crippen molar-refractivity contribution < 1.29 is 4.42 Å². The van der Waals surface area contributed by atoms with Crippen molar-refractivity contribution in [2.75, 3.05) is 38.1 Å². The monoisotopic (exact) mass is 341 g/mol. The predicted molar refractivity (Wildman–Crippen MR) is 102 cm³/mol. The Morgan fingerprint density at radius 1 is 1.24 bits per heavy atom. The van der Waals surface area contributed by atoms with Crippen LogP contribution in [0.4, 0.5) is 5.69 Å². The van der Waals surface area contributed by atoms with E-state index in [4.69, 9.17) is 4.42 Å². The van der Waals surface area contributed by atoms with Crippen LogP contribution in [0.1, 0.15) is 29.2 Å². The van der Waals surface area contributed by atoms with Gasteiger partial charge in [-0.05, 0) is 58.0 Å². The molecule has 0 aliphatic carbocycles. The predicted octanol–water partition coefficient (Wildman–Crippen LogP) is 2.20. The molecule has 0 radical (unpaired) electrons. The van der Waals surface area contributed by atoms with Crippen LogP contribution in [0.15, 0.2) is 15.3 Å². The maximum atomic E-state index is 12.5. The number of anilines is 1. The van der Waals surface area contributed by atoms with E-state index >= 15 is 0 Å². The molecule has 1 saturated heterocycles. The zero-order valence-corrected chi connectivity index (χ0v) is 15.6. The summed E-state index contributed by atoms with van der Waals surface area (Å²) in [7, 11) is 2.18. The van der Waals surface area contributed by atoms with Crippen LogP contribution >= 0.6 is 0 Å². The first-order valence-electron chi connectivity index (χ1n) is 9.22. The Hall–Kier alpha value is -1.85. The first-order chi connectivity index (χ1) is 12.0. The molecule has 0 spiro atoms. The van der Waals surface area contributed by atoms with Gasteiger partial charge in [0, 0.05) is 48.9 Å². The van der Waals surface area contributed by atoms with Crippen molar-refractivity contribution in [1.82, 2.24) is 10.2 Å². The van der Waals surface area contributed by atoms with Crippen molar-refractivity contribution in [3.05, 3.63) is 38.7 Å². The van der Waals surface area contributed by atoms with E-state index in [1.54, 1.807) is 0 Å². The third-order valence-corrected chi connectivity index (χ3v) is 5.96. The summed E-state index contributed by atoms with van der Waals surface area (Å²) in [4.78, 5) is 17.3. The molecular weight excluding hydrogens is 314 g/mol. The highest BCUT2D eigenvalue weighted by molar-refractivity contribution is 5.91. The second-order valence-electron chi connectivity index (χ2n) is 7.59. The van der Waals surface area contributed by atoms with E-state index in [-0.39, 0.29) is 5.63 Å². The molecule has 2 aromatic rings. The summed E-state index contributed by atoms with van der Waals surface area (Å²) in [5, 5.41) is 4.43. The number of piperazine rings is 1. The second-order valence-corrected chi connectivity index (χ2v) is 7.59. The van der Waals surface area contributed by atoms with Crippen molar-refractivity contribution in [2.24, 2.45) is 0 Å². The summed E-state index contributed by atoms with van der Waals surface area (Å²) in [6, 6.07) is 2.81. The van der Waals surface area contributed by atoms with Crippen LogP contribution in [-0.4, -0.2) is 44.2 Å². The summed E-state index contributed by atoms with van der Waals surface area (Å²) < 4.78 is 5.82. The molecular formula is C20H27N3O2. The Labute approximate surface area is 148 Å². The van der Waals surface area contributed by atoms with E-state index in [1.165, 1.54) is 16.8 Å². The Balaban J connectivity index is 1.89. The smallest absolute Gasteiger partial charge is 0.341 e. The standard InChI is InChI=1S/C20H27N3O2/c1-12-9-17(23-8-7-22(4)13(2)11-23)14(3)19-18(12)15-5-6-21-10-16(15)20(24)25-19/h9,13,21H,5-8,10-11H2,1-4H3/t13-/m0/s1. The number of fused-ring (bicyclic) bond motifs is 3. The topological polar surface area (TPSA) is 48.7 Å². The highest BCUT2D eigenvalue weighted by atomic mass is 16.4. The Morgan fingerprint density at radius 3 is 2.80 bits per heavy atom. The number of benzene rings is 1. The highest BCUT2D eigenvalue weighted by Crippen LogP contribution is 2.35. The van der Waals surface area contributed by atoms with Gasteiger partial charge in [0.25, 0.3) is 0 Å². The van der Waals surface area contributed by atoms with E-state index in [2.05, 4.69) is 49.0 Å². The number of likely N-dealkylation sites (N-methyl/N-ethyl adjacent to an activating group) is 1. The van der Waals surface area contributed by atoms with E-state index < -0.39 is 0 Å². The van der Waals surface area contributed by atoms with Gasteiger partial charge in [-0.1, -0.05) is 0 Å². The quantitative estimate of drug-likeness (QED) is 0.806. The molecule has 25 heavy (non-hydrogen) atoms. The summed E-state index contributed by atoms with van der Waals surface area (Å²) in [6.07, 6.45) is 0.891. The molecule has 2 aliphatic rings. The maximum absolute atomic E-state index is 12.5. The summed E-state index contributed by atoms with van der Waals surface area (Å²) in [5.41, 5.74) is 6.11. The van der Waals surface area contributed by atoms with Crippen LogP contribution in [-0.2, 0) is 13.0 Å². The lowest BCUT2D eigenvalue weighted by Crippen LogP contribution is -2.50. The first-order valence-corrected chi connectivity index (χ1v) is 9.22. The SMILES string of the molecule is Cc1c(N2CCN(C)[C@@H](C)C2)cc(C)c2c3c(c(=O)oc12)CNCC3. The molecule has 0 saturated carbocycles. The number of nitrogens with one attached hydrogen (secondary N) is 1. The average Bonchev–Trinajstić information content (AvgIpc) is 2.60. The summed E-state index contributed by atoms with van der Waals surface area (Å²) in [6.45, 7) is 11.1. The normalized spacial score (nSPS) is 21.6. The van der Waals surface area contributed by atoms with Gasteiger partial charge < -0.3 is 19.5 Å². The fourth-order valence-electron chi connectivity index (χ4n) is 4.28. The lowest BCUT2D eigenvalue weighted by atomic mass is 9.93. The van der Waals surface area contributed by atoms with Crippen LogP contribution in [0.5, 0.6) is 0 Å². The van der Waals surface area contributed by atoms with Gasteiger partial charge in [-0.25, -0.2) is 4.79 Å². The number of hydrogen-bond donors (Lipinski definition) is 1. The van der Waals surface area contributed by atoms with Gasteiger partial charge in [-0.15, -0.1) is 0 Å². The summed E-state index contributed by atoms with van der Waals surface area (Å²) in [5.74, 6) is 0. The Bertz CT molecular complexity index is 887. The van der Waals surface area contributed by atoms with Gasteiger partial charge in [0.2, 0.25) is 0 Å². The minimum Gasteiger partial charge on any atom is -0.422 e. The molecule has 1 atom stereocenters. The second kappa shape index (κ2) is 6.15. The average molecular weight is 341 g/mol.